The molecule has 0 aliphatic carbocycles. The summed E-state index contributed by atoms with van der Waals surface area (Å²) in [7, 11) is 1.52. The van der Waals surface area contributed by atoms with E-state index in [1.165, 1.54) is 35.8 Å². The highest BCUT2D eigenvalue weighted by atomic mass is 35.5. The molecule has 0 spiro atoms. The number of nitrogens with zero attached hydrogens (tertiary/aromatic N) is 2. The summed E-state index contributed by atoms with van der Waals surface area (Å²) in [5, 5.41) is 14.1. The summed E-state index contributed by atoms with van der Waals surface area (Å²) in [6.07, 6.45) is 0. The first-order valence-electron chi connectivity index (χ1n) is 8.99. The van der Waals surface area contributed by atoms with Crippen molar-refractivity contribution in [2.75, 3.05) is 12.8 Å². The first-order valence-corrected chi connectivity index (χ1v) is 10.9. The minimum Gasteiger partial charge on any atom is -0.357 e. The normalized spacial score (nSPS) is 11.6. The number of thioether (sulfide) groups is 1. The maximum atomic E-state index is 12.9. The number of non-ortho nitro benzene ring substituents is 1. The maximum Gasteiger partial charge on any atom is 0.269 e. The highest BCUT2D eigenvalue weighted by Gasteiger charge is 2.25. The molecule has 7 nitrogen and oxygen atoms in total. The fourth-order valence-corrected chi connectivity index (χ4v) is 3.87. The number of benzene rings is 2. The van der Waals surface area contributed by atoms with E-state index in [1.54, 1.807) is 37.3 Å². The Balaban J connectivity index is 2.05. The van der Waals surface area contributed by atoms with Gasteiger partial charge >= 0.3 is 0 Å². The first-order chi connectivity index (χ1) is 14.2. The molecule has 10 heteroatoms. The van der Waals surface area contributed by atoms with Crippen molar-refractivity contribution in [2.45, 2.75) is 25.3 Å². The van der Waals surface area contributed by atoms with Crippen molar-refractivity contribution < 1.29 is 14.5 Å². The van der Waals surface area contributed by atoms with E-state index in [0.29, 0.717) is 15.8 Å². The molecule has 0 heterocycles. The van der Waals surface area contributed by atoms with Gasteiger partial charge in [-0.3, -0.25) is 19.7 Å². The van der Waals surface area contributed by atoms with E-state index in [9.17, 15) is 19.7 Å². The number of nitro groups is 1. The van der Waals surface area contributed by atoms with E-state index in [0.717, 1.165) is 11.1 Å². The van der Waals surface area contributed by atoms with E-state index >= 15 is 0 Å². The molecule has 2 aromatic rings. The predicted octanol–water partition coefficient (Wildman–Crippen LogP) is 4.30. The minimum absolute atomic E-state index is 0.0204. The van der Waals surface area contributed by atoms with Gasteiger partial charge in [-0.1, -0.05) is 41.4 Å². The van der Waals surface area contributed by atoms with E-state index in [2.05, 4.69) is 5.32 Å². The van der Waals surface area contributed by atoms with E-state index in [-0.39, 0.29) is 29.8 Å². The molecule has 2 rings (SSSR count). The number of carbonyl (C=O) groups excluding carboxylic acids is 2. The van der Waals surface area contributed by atoms with Gasteiger partial charge in [-0.2, -0.15) is 0 Å². The molecule has 0 saturated carbocycles. The highest BCUT2D eigenvalue weighted by Crippen LogP contribution is 2.24. The molecular weight excluding hydrogens is 449 g/mol. The van der Waals surface area contributed by atoms with Crippen molar-refractivity contribution in [3.63, 3.8) is 0 Å². The summed E-state index contributed by atoms with van der Waals surface area (Å²) < 4.78 is 0. The van der Waals surface area contributed by atoms with Gasteiger partial charge in [0, 0.05) is 31.5 Å². The fraction of sp³-hybridized carbons (Fsp3) is 0.300. The summed E-state index contributed by atoms with van der Waals surface area (Å²) in [5.41, 5.74) is 1.65. The van der Waals surface area contributed by atoms with Crippen molar-refractivity contribution in [1.82, 2.24) is 10.2 Å². The lowest BCUT2D eigenvalue weighted by molar-refractivity contribution is -0.384. The molecule has 0 aliphatic rings. The Kier molecular flexibility index (Phi) is 8.95. The highest BCUT2D eigenvalue weighted by molar-refractivity contribution is 7.99. The topological polar surface area (TPSA) is 92.6 Å². The molecule has 0 fully saturated rings. The average Bonchev–Trinajstić information content (AvgIpc) is 2.73. The molecule has 0 bridgehead atoms. The van der Waals surface area contributed by atoms with Crippen LogP contribution < -0.4 is 5.32 Å². The van der Waals surface area contributed by atoms with Crippen LogP contribution in [0.15, 0.2) is 42.5 Å². The summed E-state index contributed by atoms with van der Waals surface area (Å²) in [6, 6.07) is 10.6. The Bertz CT molecular complexity index is 925. The van der Waals surface area contributed by atoms with E-state index in [4.69, 9.17) is 23.2 Å². The van der Waals surface area contributed by atoms with Gasteiger partial charge in [0.15, 0.2) is 0 Å². The van der Waals surface area contributed by atoms with E-state index in [1.807, 2.05) is 0 Å². The molecule has 0 radical (unpaired) electrons. The van der Waals surface area contributed by atoms with Gasteiger partial charge in [0.25, 0.3) is 5.69 Å². The molecular formula is C20H21Cl2N3O4S. The Morgan fingerprint density at radius 2 is 1.77 bits per heavy atom. The van der Waals surface area contributed by atoms with Crippen molar-refractivity contribution in [3.8, 4) is 0 Å². The van der Waals surface area contributed by atoms with Crippen LogP contribution in [0.25, 0.3) is 0 Å². The Morgan fingerprint density at radius 3 is 2.33 bits per heavy atom. The molecule has 0 aliphatic heterocycles. The number of carbonyl (C=O) groups is 2. The lowest BCUT2D eigenvalue weighted by atomic mass is 10.1. The Labute approximate surface area is 188 Å². The van der Waals surface area contributed by atoms with Gasteiger partial charge in [0.1, 0.15) is 6.04 Å². The first kappa shape index (κ1) is 24.0. The smallest absolute Gasteiger partial charge is 0.269 e. The zero-order valence-corrected chi connectivity index (χ0v) is 18.8. The average molecular weight is 470 g/mol. The quantitative estimate of drug-likeness (QED) is 0.436. The molecule has 1 atom stereocenters. The molecule has 2 aromatic carbocycles. The van der Waals surface area contributed by atoms with Crippen molar-refractivity contribution >= 4 is 52.5 Å². The lowest BCUT2D eigenvalue weighted by Crippen LogP contribution is -2.47. The van der Waals surface area contributed by atoms with Crippen LogP contribution in [0, 0.1) is 10.1 Å². The van der Waals surface area contributed by atoms with Gasteiger partial charge in [-0.05, 0) is 30.2 Å². The van der Waals surface area contributed by atoms with Crippen LogP contribution in [0.5, 0.6) is 0 Å². The standard InChI is InChI=1S/C20H21Cl2N3O4S/c1-13(20(27)23-2)24(10-15-5-8-17(21)18(22)9-15)19(26)12-30-11-14-3-6-16(7-4-14)25(28)29/h3-9,13H,10-12H2,1-2H3,(H,23,27)/t13-/m1/s1. The lowest BCUT2D eigenvalue weighted by Gasteiger charge is -2.28. The van der Waals surface area contributed by atoms with Crippen LogP contribution in [0.1, 0.15) is 18.1 Å². The van der Waals surface area contributed by atoms with Crippen molar-refractivity contribution in [2.24, 2.45) is 0 Å². The van der Waals surface area contributed by atoms with Gasteiger partial charge in [-0.25, -0.2) is 0 Å². The molecule has 0 aromatic heterocycles. The molecule has 0 unspecified atom stereocenters. The zero-order valence-electron chi connectivity index (χ0n) is 16.4. The molecule has 160 valence electrons. The second-order valence-electron chi connectivity index (χ2n) is 6.48. The molecule has 0 saturated heterocycles. The molecule has 2 amide bonds. The second kappa shape index (κ2) is 11.2. The minimum atomic E-state index is -0.670. The fourth-order valence-electron chi connectivity index (χ4n) is 2.68. The molecule has 30 heavy (non-hydrogen) atoms. The Hall–Kier alpha value is -2.29. The largest absolute Gasteiger partial charge is 0.357 e. The van der Waals surface area contributed by atoms with E-state index < -0.39 is 11.0 Å². The second-order valence-corrected chi connectivity index (χ2v) is 8.28. The number of amides is 2. The maximum absolute atomic E-state index is 12.9. The summed E-state index contributed by atoms with van der Waals surface area (Å²) in [5.74, 6) is 0.186. The summed E-state index contributed by atoms with van der Waals surface area (Å²) >= 11 is 13.4. The summed E-state index contributed by atoms with van der Waals surface area (Å²) in [6.45, 7) is 1.87. The number of nitro benzene ring substituents is 1. The van der Waals surface area contributed by atoms with Crippen molar-refractivity contribution in [1.29, 1.82) is 0 Å². The number of likely N-dealkylation sites (N-methyl/N-ethyl adjacent to an activating group) is 1. The molecule has 1 N–H and O–H groups in total. The predicted molar refractivity (Wildman–Crippen MR) is 120 cm³/mol. The third kappa shape index (κ3) is 6.62. The number of rotatable bonds is 9. The van der Waals surface area contributed by atoms with Gasteiger partial charge in [-0.15, -0.1) is 11.8 Å². The third-order valence-corrected chi connectivity index (χ3v) is 6.12. The zero-order chi connectivity index (χ0) is 22.3. The summed E-state index contributed by atoms with van der Waals surface area (Å²) in [4.78, 5) is 36.8. The van der Waals surface area contributed by atoms with Crippen molar-refractivity contribution in [3.05, 3.63) is 73.8 Å². The van der Waals surface area contributed by atoms with Crippen LogP contribution in [-0.4, -0.2) is 40.5 Å². The number of halogens is 2. The van der Waals surface area contributed by atoms with Gasteiger partial charge in [0.2, 0.25) is 11.8 Å². The Morgan fingerprint density at radius 1 is 1.13 bits per heavy atom. The number of hydrogen-bond acceptors (Lipinski definition) is 5. The van der Waals surface area contributed by atoms with Crippen LogP contribution >= 0.6 is 35.0 Å². The van der Waals surface area contributed by atoms with Crippen LogP contribution in [0.3, 0.4) is 0 Å². The SMILES string of the molecule is CNC(=O)[C@@H](C)N(Cc1ccc(Cl)c(Cl)c1)C(=O)CSCc1ccc([N+](=O)[O-])cc1. The van der Waals surface area contributed by atoms with Crippen LogP contribution in [-0.2, 0) is 21.9 Å². The third-order valence-electron chi connectivity index (χ3n) is 4.39. The van der Waals surface area contributed by atoms with Crippen LogP contribution in [0.4, 0.5) is 5.69 Å². The number of hydrogen-bond donors (Lipinski definition) is 1. The number of nitrogens with one attached hydrogen (secondary N) is 1. The monoisotopic (exact) mass is 469 g/mol. The van der Waals surface area contributed by atoms with Gasteiger partial charge < -0.3 is 10.2 Å². The van der Waals surface area contributed by atoms with Gasteiger partial charge in [0.05, 0.1) is 20.7 Å². The van der Waals surface area contributed by atoms with Crippen LogP contribution in [0.2, 0.25) is 10.0 Å².